The molecule has 4 rings (SSSR count). The summed E-state index contributed by atoms with van der Waals surface area (Å²) in [4.78, 5) is 27.9. The van der Waals surface area contributed by atoms with E-state index in [0.717, 1.165) is 12.0 Å². The smallest absolute Gasteiger partial charge is 0.300 e. The molecule has 2 aromatic carbocycles. The van der Waals surface area contributed by atoms with Crippen LogP contribution in [0.15, 0.2) is 30.3 Å². The lowest BCUT2D eigenvalue weighted by atomic mass is 9.99. The van der Waals surface area contributed by atoms with Gasteiger partial charge in [-0.15, -0.1) is 0 Å². The number of fused-ring (bicyclic) bond motifs is 2. The first-order valence-electron chi connectivity index (χ1n) is 8.63. The first kappa shape index (κ1) is 17.5. The Morgan fingerprint density at radius 2 is 1.74 bits per heavy atom. The highest BCUT2D eigenvalue weighted by Crippen LogP contribution is 2.34. The second kappa shape index (κ2) is 6.66. The van der Waals surface area contributed by atoms with E-state index in [1.54, 1.807) is 14.2 Å². The zero-order valence-corrected chi connectivity index (χ0v) is 15.1. The molecule has 0 N–H and O–H groups in total. The number of Topliss-reactive ketones (excluding diaryl/α,β-unsaturated/α-hetero) is 1. The van der Waals surface area contributed by atoms with Crippen molar-refractivity contribution < 1.29 is 23.5 Å². The minimum Gasteiger partial charge on any atom is -0.493 e. The van der Waals surface area contributed by atoms with Crippen molar-refractivity contribution in [2.24, 2.45) is 0 Å². The van der Waals surface area contributed by atoms with Crippen LogP contribution < -0.4 is 14.4 Å². The quantitative estimate of drug-likeness (QED) is 0.774. The Bertz CT molecular complexity index is 944. The zero-order valence-electron chi connectivity index (χ0n) is 15.1. The van der Waals surface area contributed by atoms with Crippen molar-refractivity contribution in [3.8, 4) is 11.5 Å². The molecule has 0 radical (unpaired) electrons. The van der Waals surface area contributed by atoms with Crippen LogP contribution in [0.4, 0.5) is 10.1 Å². The summed E-state index contributed by atoms with van der Waals surface area (Å²) in [5.74, 6) is -0.336. The Balaban J connectivity index is 1.58. The molecule has 0 saturated heterocycles. The van der Waals surface area contributed by atoms with Gasteiger partial charge in [-0.2, -0.15) is 0 Å². The van der Waals surface area contributed by atoms with E-state index in [9.17, 15) is 14.0 Å². The predicted octanol–water partition coefficient (Wildman–Crippen LogP) is 2.39. The number of hydrogen-bond acceptors (Lipinski definition) is 5. The second-order valence-electron chi connectivity index (χ2n) is 6.64. The summed E-state index contributed by atoms with van der Waals surface area (Å²) in [5.41, 5.74) is 2.84. The maximum atomic E-state index is 13.6. The van der Waals surface area contributed by atoms with Crippen LogP contribution in [0, 0.1) is 5.82 Å². The van der Waals surface area contributed by atoms with Gasteiger partial charge in [-0.1, -0.05) is 0 Å². The van der Waals surface area contributed by atoms with E-state index in [2.05, 4.69) is 4.90 Å². The molecule has 2 aliphatic heterocycles. The molecule has 1 amide bonds. The standard InChI is InChI=1S/C20H19FN2O4/c1-26-17-7-12-5-6-22(10-13(12)8-18(17)27-2)11-23-16-9-14(21)3-4-15(16)19(24)20(23)25/h3-4,7-9H,5-6,10-11H2,1-2H3. The molecule has 27 heavy (non-hydrogen) atoms. The summed E-state index contributed by atoms with van der Waals surface area (Å²) in [5, 5.41) is 0. The summed E-state index contributed by atoms with van der Waals surface area (Å²) in [6, 6.07) is 7.72. The highest BCUT2D eigenvalue weighted by molar-refractivity contribution is 6.52. The third-order valence-electron chi connectivity index (χ3n) is 5.07. The van der Waals surface area contributed by atoms with E-state index in [1.807, 2.05) is 12.1 Å². The molecule has 2 aliphatic rings. The van der Waals surface area contributed by atoms with Crippen LogP contribution in [0.5, 0.6) is 11.5 Å². The third-order valence-corrected chi connectivity index (χ3v) is 5.07. The highest BCUT2D eigenvalue weighted by atomic mass is 19.1. The maximum Gasteiger partial charge on any atom is 0.300 e. The Kier molecular flexibility index (Phi) is 4.31. The number of carbonyl (C=O) groups excluding carboxylic acids is 2. The number of rotatable bonds is 4. The minimum absolute atomic E-state index is 0.231. The van der Waals surface area contributed by atoms with Gasteiger partial charge in [-0.3, -0.25) is 19.4 Å². The topological polar surface area (TPSA) is 59.1 Å². The lowest BCUT2D eigenvalue weighted by Gasteiger charge is -2.32. The molecule has 0 saturated carbocycles. The first-order chi connectivity index (χ1) is 13.0. The van der Waals surface area contributed by atoms with Gasteiger partial charge in [-0.25, -0.2) is 4.39 Å². The number of amides is 1. The van der Waals surface area contributed by atoms with E-state index in [4.69, 9.17) is 9.47 Å². The van der Waals surface area contributed by atoms with Crippen LogP contribution in [-0.4, -0.2) is 44.0 Å². The van der Waals surface area contributed by atoms with Gasteiger partial charge in [0.25, 0.3) is 5.78 Å². The SMILES string of the molecule is COc1cc2c(cc1OC)CN(CN1C(=O)C(=O)c3ccc(F)cc31)CC2. The number of ketones is 1. The Morgan fingerprint density at radius 1 is 1.04 bits per heavy atom. The molecule has 0 unspecified atom stereocenters. The number of anilines is 1. The molecule has 2 heterocycles. The average Bonchev–Trinajstić information content (AvgIpc) is 2.91. The van der Waals surface area contributed by atoms with Crippen LogP contribution in [0.2, 0.25) is 0 Å². The molecule has 0 spiro atoms. The van der Waals surface area contributed by atoms with Crippen molar-refractivity contribution in [2.75, 3.05) is 32.3 Å². The van der Waals surface area contributed by atoms with Crippen LogP contribution in [0.3, 0.4) is 0 Å². The van der Waals surface area contributed by atoms with Crippen LogP contribution in [-0.2, 0) is 17.8 Å². The molecule has 6 nitrogen and oxygen atoms in total. The fraction of sp³-hybridized carbons (Fsp3) is 0.300. The zero-order chi connectivity index (χ0) is 19.1. The Morgan fingerprint density at radius 3 is 2.44 bits per heavy atom. The van der Waals surface area contributed by atoms with Crippen molar-refractivity contribution in [2.45, 2.75) is 13.0 Å². The Hall–Kier alpha value is -2.93. The van der Waals surface area contributed by atoms with Gasteiger partial charge in [0.05, 0.1) is 32.1 Å². The summed E-state index contributed by atoms with van der Waals surface area (Å²) < 4.78 is 24.3. The van der Waals surface area contributed by atoms with Gasteiger partial charge in [0, 0.05) is 13.1 Å². The number of nitrogens with zero attached hydrogens (tertiary/aromatic N) is 2. The molecule has 2 aromatic rings. The monoisotopic (exact) mass is 370 g/mol. The number of methoxy groups -OCH3 is 2. The predicted molar refractivity (Wildman–Crippen MR) is 96.7 cm³/mol. The Labute approximate surface area is 156 Å². The molecule has 0 fully saturated rings. The van der Waals surface area contributed by atoms with Crippen molar-refractivity contribution in [3.63, 3.8) is 0 Å². The molecule has 7 heteroatoms. The third kappa shape index (κ3) is 2.94. The average molecular weight is 370 g/mol. The summed E-state index contributed by atoms with van der Waals surface area (Å²) >= 11 is 0. The largest absolute Gasteiger partial charge is 0.493 e. The van der Waals surface area contributed by atoms with Gasteiger partial charge >= 0.3 is 5.91 Å². The number of ether oxygens (including phenoxy) is 2. The van der Waals surface area contributed by atoms with Gasteiger partial charge < -0.3 is 9.47 Å². The number of benzene rings is 2. The fourth-order valence-electron chi connectivity index (χ4n) is 3.67. The number of carbonyl (C=O) groups is 2. The highest BCUT2D eigenvalue weighted by Gasteiger charge is 2.37. The normalized spacial score (nSPS) is 16.3. The lowest BCUT2D eigenvalue weighted by molar-refractivity contribution is -0.114. The van der Waals surface area contributed by atoms with E-state index < -0.39 is 17.5 Å². The van der Waals surface area contributed by atoms with E-state index in [1.165, 1.54) is 28.7 Å². The summed E-state index contributed by atoms with van der Waals surface area (Å²) in [6.07, 6.45) is 0.779. The lowest BCUT2D eigenvalue weighted by Crippen LogP contribution is -2.43. The van der Waals surface area contributed by atoms with E-state index >= 15 is 0 Å². The molecular formula is C20H19FN2O4. The van der Waals surface area contributed by atoms with Gasteiger partial charge in [0.2, 0.25) is 0 Å². The molecule has 0 aromatic heterocycles. The first-order valence-corrected chi connectivity index (χ1v) is 8.63. The van der Waals surface area contributed by atoms with Crippen molar-refractivity contribution in [1.82, 2.24) is 4.90 Å². The summed E-state index contributed by atoms with van der Waals surface area (Å²) in [7, 11) is 3.19. The van der Waals surface area contributed by atoms with E-state index in [-0.39, 0.29) is 12.2 Å². The fourth-order valence-corrected chi connectivity index (χ4v) is 3.67. The molecule has 0 aliphatic carbocycles. The van der Waals surface area contributed by atoms with Crippen LogP contribution >= 0.6 is 0 Å². The van der Waals surface area contributed by atoms with E-state index in [0.29, 0.717) is 30.3 Å². The van der Waals surface area contributed by atoms with Gasteiger partial charge in [-0.05, 0) is 47.9 Å². The number of hydrogen-bond donors (Lipinski definition) is 0. The minimum atomic E-state index is -0.617. The molecule has 0 bridgehead atoms. The van der Waals surface area contributed by atoms with Crippen molar-refractivity contribution in [3.05, 3.63) is 52.8 Å². The van der Waals surface area contributed by atoms with Crippen molar-refractivity contribution >= 4 is 17.4 Å². The van der Waals surface area contributed by atoms with Crippen LogP contribution in [0.25, 0.3) is 0 Å². The molecule has 140 valence electrons. The second-order valence-corrected chi connectivity index (χ2v) is 6.64. The van der Waals surface area contributed by atoms with Crippen LogP contribution in [0.1, 0.15) is 21.5 Å². The molecular weight excluding hydrogens is 351 g/mol. The van der Waals surface area contributed by atoms with Gasteiger partial charge in [0.1, 0.15) is 5.82 Å². The van der Waals surface area contributed by atoms with Gasteiger partial charge in [0.15, 0.2) is 11.5 Å². The van der Waals surface area contributed by atoms with Crippen molar-refractivity contribution in [1.29, 1.82) is 0 Å². The molecule has 0 atom stereocenters. The summed E-state index contributed by atoms with van der Waals surface area (Å²) in [6.45, 7) is 1.54. The maximum absolute atomic E-state index is 13.6. The number of halogens is 1.